The molecule has 1 unspecified atom stereocenters. The summed E-state index contributed by atoms with van der Waals surface area (Å²) in [5, 5.41) is 4.55. The third-order valence-electron chi connectivity index (χ3n) is 5.59. The Morgan fingerprint density at radius 1 is 1.27 bits per heavy atom. The van der Waals surface area contributed by atoms with Gasteiger partial charge >= 0.3 is 0 Å². The number of carbonyl (C=O) groups excluding carboxylic acids is 1. The predicted octanol–water partition coefficient (Wildman–Crippen LogP) is 4.89. The lowest BCUT2D eigenvalue weighted by atomic mass is 9.99. The molecule has 2 aliphatic rings. The average Bonchev–Trinajstić information content (AvgIpc) is 2.86. The van der Waals surface area contributed by atoms with Crippen LogP contribution in [0.2, 0.25) is 5.02 Å². The van der Waals surface area contributed by atoms with Gasteiger partial charge in [-0.2, -0.15) is 0 Å². The molecule has 0 bridgehead atoms. The van der Waals surface area contributed by atoms with Gasteiger partial charge in [-0.3, -0.25) is 19.7 Å². The van der Waals surface area contributed by atoms with Crippen molar-refractivity contribution in [2.75, 3.05) is 18.5 Å². The molecule has 3 heterocycles. The highest BCUT2D eigenvalue weighted by atomic mass is 35.5. The van der Waals surface area contributed by atoms with Crippen molar-refractivity contribution in [1.82, 2.24) is 5.32 Å². The predicted molar refractivity (Wildman–Crippen MR) is 127 cm³/mol. The highest BCUT2D eigenvalue weighted by Gasteiger charge is 2.35. The number of nitrogens with zero attached hydrogens (tertiary/aromatic N) is 3. The topological polar surface area (TPSA) is 57.1 Å². The summed E-state index contributed by atoms with van der Waals surface area (Å²) in [6, 6.07) is 7.39. The van der Waals surface area contributed by atoms with Crippen molar-refractivity contribution < 1.29 is 4.79 Å². The number of halogens is 1. The molecule has 0 radical (unpaired) electrons. The standard InChI is InChI=1S/C23H25ClN4OS/c1-13-6-5-11-26-22-18(12-19(29)25-4)27-21(16-7-9-17(24)10-8-16)20-14(2)15(3)30-23(20)28(13)22/h6-10,18H,5,11-12H2,1-4H3,(H,25,29). The van der Waals surface area contributed by atoms with E-state index in [1.54, 1.807) is 18.4 Å². The fourth-order valence-electron chi connectivity index (χ4n) is 3.88. The van der Waals surface area contributed by atoms with Gasteiger partial charge in [0, 0.05) is 40.3 Å². The van der Waals surface area contributed by atoms with Gasteiger partial charge in [0.05, 0.1) is 12.1 Å². The molecule has 0 saturated carbocycles. The molecule has 5 nitrogen and oxygen atoms in total. The minimum Gasteiger partial charge on any atom is -0.359 e. The highest BCUT2D eigenvalue weighted by Crippen LogP contribution is 2.42. The number of thiophene rings is 1. The minimum absolute atomic E-state index is 0.0501. The minimum atomic E-state index is -0.364. The van der Waals surface area contributed by atoms with Crippen LogP contribution in [0.4, 0.5) is 5.00 Å². The van der Waals surface area contributed by atoms with Gasteiger partial charge in [0.15, 0.2) is 0 Å². The van der Waals surface area contributed by atoms with E-state index in [4.69, 9.17) is 21.6 Å². The van der Waals surface area contributed by atoms with Crippen LogP contribution in [-0.4, -0.2) is 37.1 Å². The number of amides is 1. The second-order valence-corrected chi connectivity index (χ2v) is 9.19. The lowest BCUT2D eigenvalue weighted by Crippen LogP contribution is -2.39. The van der Waals surface area contributed by atoms with E-state index in [1.165, 1.54) is 10.4 Å². The quantitative estimate of drug-likeness (QED) is 0.738. The van der Waals surface area contributed by atoms with Crippen LogP contribution in [0, 0.1) is 13.8 Å². The first-order chi connectivity index (χ1) is 14.4. The van der Waals surface area contributed by atoms with Gasteiger partial charge in [-0.25, -0.2) is 0 Å². The van der Waals surface area contributed by atoms with E-state index >= 15 is 0 Å². The third-order valence-corrected chi connectivity index (χ3v) is 7.03. The molecule has 4 rings (SSSR count). The van der Waals surface area contributed by atoms with Crippen molar-refractivity contribution >= 4 is 45.4 Å². The summed E-state index contributed by atoms with van der Waals surface area (Å²) in [4.78, 5) is 25.9. The Labute approximate surface area is 186 Å². The number of benzene rings is 1. The molecule has 1 atom stereocenters. The lowest BCUT2D eigenvalue weighted by molar-refractivity contribution is -0.120. The molecule has 1 aromatic carbocycles. The number of amidine groups is 1. The van der Waals surface area contributed by atoms with Crippen molar-refractivity contribution in [2.24, 2.45) is 9.98 Å². The SMILES string of the molecule is CNC(=O)CC1N=C(c2ccc(Cl)cc2)c2c(sc(C)c2C)N2C(C)=CCCN=C12. The maximum absolute atomic E-state index is 12.4. The van der Waals surface area contributed by atoms with Gasteiger partial charge in [-0.15, -0.1) is 11.3 Å². The number of hydrogen-bond acceptors (Lipinski definition) is 5. The van der Waals surface area contributed by atoms with Crippen LogP contribution in [0.15, 0.2) is 46.0 Å². The number of fused-ring (bicyclic) bond motifs is 3. The molecule has 0 saturated heterocycles. The van der Waals surface area contributed by atoms with E-state index in [0.29, 0.717) is 11.6 Å². The van der Waals surface area contributed by atoms with Gasteiger partial charge < -0.3 is 5.32 Å². The van der Waals surface area contributed by atoms with Gasteiger partial charge in [-0.05, 0) is 44.9 Å². The fourth-order valence-corrected chi connectivity index (χ4v) is 5.23. The number of hydrogen-bond donors (Lipinski definition) is 1. The summed E-state index contributed by atoms with van der Waals surface area (Å²) >= 11 is 7.90. The second kappa shape index (κ2) is 8.36. The molecule has 156 valence electrons. The Kier molecular flexibility index (Phi) is 5.80. The lowest BCUT2D eigenvalue weighted by Gasteiger charge is -2.27. The van der Waals surface area contributed by atoms with Crippen LogP contribution in [0.1, 0.15) is 41.3 Å². The molecule has 2 aromatic rings. The van der Waals surface area contributed by atoms with Crippen molar-refractivity contribution in [3.8, 4) is 0 Å². The monoisotopic (exact) mass is 440 g/mol. The zero-order valence-electron chi connectivity index (χ0n) is 17.6. The zero-order valence-corrected chi connectivity index (χ0v) is 19.2. The van der Waals surface area contributed by atoms with E-state index in [0.717, 1.165) is 39.8 Å². The van der Waals surface area contributed by atoms with Crippen LogP contribution >= 0.6 is 22.9 Å². The molecule has 1 amide bonds. The Hall–Kier alpha value is -2.44. The molecule has 1 N–H and O–H groups in total. The summed E-state index contributed by atoms with van der Waals surface area (Å²) in [6.45, 7) is 7.09. The molecule has 0 spiro atoms. The number of rotatable bonds is 3. The number of allylic oxidation sites excluding steroid dienone is 1. The molecule has 1 aromatic heterocycles. The van der Waals surface area contributed by atoms with Crippen LogP contribution in [0.25, 0.3) is 0 Å². The first-order valence-electron chi connectivity index (χ1n) is 10.1. The zero-order chi connectivity index (χ0) is 21.4. The molecular weight excluding hydrogens is 416 g/mol. The number of aliphatic imine (C=N–C) groups is 2. The van der Waals surface area contributed by atoms with Gasteiger partial charge in [0.25, 0.3) is 0 Å². The largest absolute Gasteiger partial charge is 0.359 e. The van der Waals surface area contributed by atoms with Crippen LogP contribution in [-0.2, 0) is 4.79 Å². The highest BCUT2D eigenvalue weighted by molar-refractivity contribution is 7.17. The van der Waals surface area contributed by atoms with E-state index in [2.05, 4.69) is 37.1 Å². The number of nitrogens with one attached hydrogen (secondary N) is 1. The van der Waals surface area contributed by atoms with Crippen LogP contribution in [0.3, 0.4) is 0 Å². The number of anilines is 1. The summed E-state index contributed by atoms with van der Waals surface area (Å²) in [6.07, 6.45) is 3.35. The molecular formula is C23H25ClN4OS. The normalized spacial score (nSPS) is 18.4. The Morgan fingerprint density at radius 3 is 2.70 bits per heavy atom. The summed E-state index contributed by atoms with van der Waals surface area (Å²) < 4.78 is 0. The van der Waals surface area contributed by atoms with Gasteiger partial charge in [0.1, 0.15) is 16.9 Å². The third kappa shape index (κ3) is 3.70. The molecule has 2 aliphatic heterocycles. The van der Waals surface area contributed by atoms with E-state index < -0.39 is 0 Å². The van der Waals surface area contributed by atoms with Crippen LogP contribution in [0.5, 0.6) is 0 Å². The smallest absolute Gasteiger partial charge is 0.222 e. The number of carbonyl (C=O) groups is 1. The summed E-state index contributed by atoms with van der Waals surface area (Å²) in [5.74, 6) is 0.794. The maximum atomic E-state index is 12.4. The van der Waals surface area contributed by atoms with Crippen LogP contribution < -0.4 is 10.2 Å². The first kappa shape index (κ1) is 20.8. The summed E-state index contributed by atoms with van der Waals surface area (Å²) in [7, 11) is 1.66. The average molecular weight is 441 g/mol. The molecule has 30 heavy (non-hydrogen) atoms. The molecule has 0 aliphatic carbocycles. The van der Waals surface area contributed by atoms with Crippen molar-refractivity contribution in [3.05, 3.63) is 62.6 Å². The second-order valence-electron chi connectivity index (χ2n) is 7.55. The Balaban J connectivity index is 2.00. The molecule has 7 heteroatoms. The maximum Gasteiger partial charge on any atom is 0.222 e. The molecule has 0 fully saturated rings. The van der Waals surface area contributed by atoms with Crippen molar-refractivity contribution in [2.45, 2.75) is 39.7 Å². The Bertz CT molecular complexity index is 1080. The summed E-state index contributed by atoms with van der Waals surface area (Å²) in [5.41, 5.74) is 5.33. The van der Waals surface area contributed by atoms with Crippen molar-refractivity contribution in [3.63, 3.8) is 0 Å². The van der Waals surface area contributed by atoms with Gasteiger partial charge in [0.2, 0.25) is 5.91 Å². The van der Waals surface area contributed by atoms with Gasteiger partial charge in [-0.1, -0.05) is 29.8 Å². The van der Waals surface area contributed by atoms with E-state index in [1.807, 2.05) is 24.3 Å². The van der Waals surface area contributed by atoms with E-state index in [9.17, 15) is 4.79 Å². The van der Waals surface area contributed by atoms with E-state index in [-0.39, 0.29) is 18.4 Å². The number of aryl methyl sites for hydroxylation is 1. The first-order valence-corrected chi connectivity index (χ1v) is 11.3. The Morgan fingerprint density at radius 2 is 2.00 bits per heavy atom. The fraction of sp³-hybridized carbons (Fsp3) is 0.348. The van der Waals surface area contributed by atoms with Crippen molar-refractivity contribution in [1.29, 1.82) is 0 Å².